The number of carbonyl (C=O) groups is 1. The predicted molar refractivity (Wildman–Crippen MR) is 54.9 cm³/mol. The van der Waals surface area contributed by atoms with Crippen LogP contribution in [0.3, 0.4) is 0 Å². The van der Waals surface area contributed by atoms with Crippen molar-refractivity contribution < 1.29 is 20.0 Å². The van der Waals surface area contributed by atoms with Crippen LogP contribution in [0.5, 0.6) is 0 Å². The monoisotopic (exact) mass is 228 g/mol. The van der Waals surface area contributed by atoms with Crippen LogP contribution in [0.2, 0.25) is 0 Å². The zero-order valence-electron chi connectivity index (χ0n) is 9.81. The zero-order valence-corrected chi connectivity index (χ0v) is 9.81. The molecule has 0 amide bonds. The van der Waals surface area contributed by atoms with Gasteiger partial charge in [0.05, 0.1) is 30.1 Å². The summed E-state index contributed by atoms with van der Waals surface area (Å²) in [6.45, 7) is 4.76. The van der Waals surface area contributed by atoms with Crippen LogP contribution < -0.4 is 16.2 Å². The molecule has 0 radical (unpaired) electrons. The molecule has 2 heterocycles. The highest BCUT2D eigenvalue weighted by molar-refractivity contribution is 5.68. The van der Waals surface area contributed by atoms with Crippen molar-refractivity contribution in [2.75, 3.05) is 6.61 Å². The van der Waals surface area contributed by atoms with Gasteiger partial charge in [0.1, 0.15) is 6.17 Å². The average Bonchev–Trinajstić information content (AvgIpc) is 2.14. The minimum atomic E-state index is -1.04. The van der Waals surface area contributed by atoms with Gasteiger partial charge in [-0.1, -0.05) is 0 Å². The Labute approximate surface area is 95.3 Å². The largest absolute Gasteiger partial charge is 0.550 e. The Balaban J connectivity index is 2.05. The average molecular weight is 228 g/mol. The van der Waals surface area contributed by atoms with E-state index in [1.165, 1.54) is 0 Å². The van der Waals surface area contributed by atoms with Crippen LogP contribution in [0.15, 0.2) is 0 Å². The number of piperidine rings is 1. The number of carboxylic acid groups (broad SMARTS) is 1. The number of quaternary nitrogens is 1. The molecule has 4 N–H and O–H groups in total. The highest BCUT2D eigenvalue weighted by Gasteiger charge is 2.45. The Bertz CT molecular complexity index is 293. The lowest BCUT2D eigenvalue weighted by atomic mass is 9.77. The second-order valence-electron chi connectivity index (χ2n) is 5.63. The number of carboxylic acids is 1. The summed E-state index contributed by atoms with van der Waals surface area (Å²) < 4.78 is 5.72. The van der Waals surface area contributed by atoms with E-state index in [4.69, 9.17) is 10.5 Å². The lowest BCUT2D eigenvalue weighted by Gasteiger charge is -2.45. The molecule has 0 aromatic carbocycles. The molecule has 2 fully saturated rings. The Morgan fingerprint density at radius 2 is 2.25 bits per heavy atom. The first-order valence-corrected chi connectivity index (χ1v) is 5.84. The van der Waals surface area contributed by atoms with Crippen LogP contribution in [0.4, 0.5) is 0 Å². The Hall–Kier alpha value is -0.650. The maximum Gasteiger partial charge on any atom is 0.145 e. The summed E-state index contributed by atoms with van der Waals surface area (Å²) >= 11 is 0. The molecule has 0 aliphatic carbocycles. The molecule has 0 spiro atoms. The third-order valence-corrected chi connectivity index (χ3v) is 3.81. The minimum absolute atomic E-state index is 0.119. The molecule has 5 nitrogen and oxygen atoms in total. The van der Waals surface area contributed by atoms with Crippen LogP contribution >= 0.6 is 0 Å². The van der Waals surface area contributed by atoms with Gasteiger partial charge in [0, 0.05) is 12.3 Å². The zero-order chi connectivity index (χ0) is 11.9. The first-order chi connectivity index (χ1) is 7.39. The van der Waals surface area contributed by atoms with Crippen molar-refractivity contribution in [3.63, 3.8) is 0 Å². The number of carbonyl (C=O) groups excluding carboxylic acids is 1. The summed E-state index contributed by atoms with van der Waals surface area (Å²) in [5.41, 5.74) is 5.74. The molecule has 2 aliphatic rings. The van der Waals surface area contributed by atoms with E-state index >= 15 is 0 Å². The minimum Gasteiger partial charge on any atom is -0.550 e. The van der Waals surface area contributed by atoms with Crippen molar-refractivity contribution in [3.05, 3.63) is 0 Å². The van der Waals surface area contributed by atoms with E-state index in [1.807, 2.05) is 5.32 Å². The van der Waals surface area contributed by atoms with Crippen LogP contribution in [0.1, 0.15) is 26.7 Å². The van der Waals surface area contributed by atoms with Gasteiger partial charge in [0.2, 0.25) is 0 Å². The van der Waals surface area contributed by atoms with Crippen molar-refractivity contribution in [3.8, 4) is 0 Å². The Morgan fingerprint density at radius 3 is 2.88 bits per heavy atom. The number of fused-ring (bicyclic) bond motifs is 1. The molecule has 2 rings (SSSR count). The van der Waals surface area contributed by atoms with Crippen molar-refractivity contribution in [2.45, 2.75) is 44.5 Å². The van der Waals surface area contributed by atoms with Crippen LogP contribution in [-0.4, -0.2) is 30.4 Å². The van der Waals surface area contributed by atoms with Crippen LogP contribution in [0, 0.1) is 11.8 Å². The quantitative estimate of drug-likeness (QED) is 0.532. The highest BCUT2D eigenvalue weighted by atomic mass is 16.5. The van der Waals surface area contributed by atoms with Gasteiger partial charge in [-0.15, -0.1) is 0 Å². The van der Waals surface area contributed by atoms with Gasteiger partial charge < -0.3 is 20.0 Å². The molecule has 5 heteroatoms. The summed E-state index contributed by atoms with van der Waals surface area (Å²) in [6.07, 6.45) is 1.13. The molecule has 2 saturated heterocycles. The number of aliphatic carboxylic acids is 1. The standard InChI is InChI=1S/C11H20N2O3/c1-11(2)4-8-6(5-16-11)3-7(10(14)15)9(12)13-8/h6-9,13H,3-5,12H2,1-2H3,(H,14,15). The van der Waals surface area contributed by atoms with Crippen molar-refractivity contribution >= 4 is 5.97 Å². The van der Waals surface area contributed by atoms with E-state index < -0.39 is 11.9 Å². The lowest BCUT2D eigenvalue weighted by molar-refractivity contribution is -0.746. The molecule has 4 atom stereocenters. The lowest BCUT2D eigenvalue weighted by Crippen LogP contribution is -3.03. The second kappa shape index (κ2) is 3.98. The van der Waals surface area contributed by atoms with Gasteiger partial charge in [-0.05, 0) is 20.3 Å². The molecular weight excluding hydrogens is 208 g/mol. The van der Waals surface area contributed by atoms with E-state index in [0.717, 1.165) is 6.42 Å². The molecule has 0 aromatic heterocycles. The number of nitrogens with two attached hydrogens (primary N) is 2. The van der Waals surface area contributed by atoms with Gasteiger partial charge >= 0.3 is 0 Å². The molecule has 0 saturated carbocycles. The molecule has 92 valence electrons. The number of hydrogen-bond donors (Lipinski definition) is 2. The van der Waals surface area contributed by atoms with Crippen LogP contribution in [0.25, 0.3) is 0 Å². The highest BCUT2D eigenvalue weighted by Crippen LogP contribution is 2.31. The first-order valence-electron chi connectivity index (χ1n) is 5.84. The van der Waals surface area contributed by atoms with E-state index in [-0.39, 0.29) is 17.7 Å². The molecule has 0 bridgehead atoms. The number of rotatable bonds is 1. The summed E-state index contributed by atoms with van der Waals surface area (Å²) in [6, 6.07) is 0.384. The fraction of sp³-hybridized carbons (Fsp3) is 0.909. The van der Waals surface area contributed by atoms with Gasteiger partial charge in [-0.3, -0.25) is 5.73 Å². The molecule has 0 aromatic rings. The predicted octanol–water partition coefficient (Wildman–Crippen LogP) is -2.21. The van der Waals surface area contributed by atoms with Crippen molar-refractivity contribution in [1.29, 1.82) is 0 Å². The number of hydrogen-bond acceptors (Lipinski definition) is 4. The van der Waals surface area contributed by atoms with E-state index in [2.05, 4.69) is 13.8 Å². The number of ether oxygens (including phenoxy) is 1. The topological polar surface area (TPSA) is 92.0 Å². The molecular formula is C11H20N2O3. The molecule has 2 aliphatic heterocycles. The van der Waals surface area contributed by atoms with E-state index in [9.17, 15) is 9.90 Å². The summed E-state index contributed by atoms with van der Waals surface area (Å²) in [7, 11) is 0. The van der Waals surface area contributed by atoms with E-state index in [1.54, 1.807) is 0 Å². The third kappa shape index (κ3) is 2.21. The van der Waals surface area contributed by atoms with Crippen molar-refractivity contribution in [1.82, 2.24) is 0 Å². The summed E-state index contributed by atoms with van der Waals surface area (Å²) in [5, 5.41) is 12.9. The maximum atomic E-state index is 10.9. The normalized spacial score (nSPS) is 42.4. The van der Waals surface area contributed by atoms with Gasteiger partial charge in [-0.25, -0.2) is 0 Å². The van der Waals surface area contributed by atoms with E-state index in [0.29, 0.717) is 19.1 Å². The van der Waals surface area contributed by atoms with Crippen molar-refractivity contribution in [2.24, 2.45) is 17.6 Å². The second-order valence-corrected chi connectivity index (χ2v) is 5.63. The third-order valence-electron chi connectivity index (χ3n) is 3.81. The van der Waals surface area contributed by atoms with Gasteiger partial charge in [0.25, 0.3) is 0 Å². The maximum absolute atomic E-state index is 10.9. The fourth-order valence-corrected chi connectivity index (χ4v) is 2.87. The molecule has 16 heavy (non-hydrogen) atoms. The fourth-order valence-electron chi connectivity index (χ4n) is 2.87. The summed E-state index contributed by atoms with van der Waals surface area (Å²) in [4.78, 5) is 10.9. The van der Waals surface area contributed by atoms with Gasteiger partial charge in [0.15, 0.2) is 0 Å². The smallest absolute Gasteiger partial charge is 0.145 e. The Kier molecular flexibility index (Phi) is 2.94. The first kappa shape index (κ1) is 11.8. The SMILES string of the molecule is CC1(C)CC2[NH2+]C(N)C(C(=O)[O-])CC2CO1. The Morgan fingerprint density at radius 1 is 1.56 bits per heavy atom. The van der Waals surface area contributed by atoms with Gasteiger partial charge in [-0.2, -0.15) is 0 Å². The van der Waals surface area contributed by atoms with Crippen LogP contribution in [-0.2, 0) is 9.53 Å². The molecule has 4 unspecified atom stereocenters. The summed E-state index contributed by atoms with van der Waals surface area (Å²) in [5.74, 6) is -1.30.